The minimum Gasteiger partial charge on any atom is -0.466 e. The smallest absolute Gasteiger partial charge is 0.450 e. The van der Waals surface area contributed by atoms with Gasteiger partial charge in [-0.05, 0) is 28.1 Å². The summed E-state index contributed by atoms with van der Waals surface area (Å²) in [7, 11) is 0. The van der Waals surface area contributed by atoms with Crippen molar-refractivity contribution < 1.29 is 35.5 Å². The molecule has 0 aliphatic carbocycles. The number of aromatic nitrogens is 3. The second kappa shape index (κ2) is 6.66. The molecule has 0 aliphatic heterocycles. The van der Waals surface area contributed by atoms with Gasteiger partial charge in [-0.15, -0.1) is 0 Å². The quantitative estimate of drug-likeness (QED) is 0.503. The Hall–Kier alpha value is -2.37. The van der Waals surface area contributed by atoms with Crippen LogP contribution in [0.25, 0.3) is 16.6 Å². The van der Waals surface area contributed by atoms with E-state index in [9.17, 15) is 30.7 Å². The molecule has 144 valence electrons. The standard InChI is InChI=1S/C15H7BrF7N3O/c16-11-10-2-1-7(5-26(10)13(25-11)15(21,22)23)8-3-9(17)12(24-4-8)27-6-14(18,19)20/h1-5H,6H2. The maximum atomic E-state index is 13.9. The Kier molecular flexibility index (Phi) is 4.78. The fourth-order valence-corrected chi connectivity index (χ4v) is 2.75. The van der Waals surface area contributed by atoms with Crippen molar-refractivity contribution in [1.29, 1.82) is 0 Å². The largest absolute Gasteiger partial charge is 0.466 e. The van der Waals surface area contributed by atoms with Crippen molar-refractivity contribution in [3.05, 3.63) is 46.8 Å². The van der Waals surface area contributed by atoms with Crippen LogP contribution < -0.4 is 4.74 Å². The molecule has 0 spiro atoms. The van der Waals surface area contributed by atoms with Crippen LogP contribution in [0.3, 0.4) is 0 Å². The van der Waals surface area contributed by atoms with Gasteiger partial charge in [-0.2, -0.15) is 26.3 Å². The Balaban J connectivity index is 1.99. The number of halogens is 8. The first kappa shape index (κ1) is 19.4. The first-order valence-corrected chi connectivity index (χ1v) is 7.85. The molecule has 0 N–H and O–H groups in total. The Labute approximate surface area is 154 Å². The minimum atomic E-state index is -4.73. The van der Waals surface area contributed by atoms with Crippen LogP contribution in [0.5, 0.6) is 5.88 Å². The predicted octanol–water partition coefficient (Wildman–Crippen LogP) is 5.26. The van der Waals surface area contributed by atoms with Crippen molar-refractivity contribution in [2.24, 2.45) is 0 Å². The van der Waals surface area contributed by atoms with E-state index in [1.807, 2.05) is 0 Å². The van der Waals surface area contributed by atoms with E-state index in [1.54, 1.807) is 0 Å². The monoisotopic (exact) mass is 457 g/mol. The molecule has 0 atom stereocenters. The third-order valence-electron chi connectivity index (χ3n) is 3.36. The molecule has 0 saturated heterocycles. The van der Waals surface area contributed by atoms with E-state index in [0.29, 0.717) is 0 Å². The lowest BCUT2D eigenvalue weighted by Gasteiger charge is -2.10. The van der Waals surface area contributed by atoms with Gasteiger partial charge < -0.3 is 4.74 Å². The third kappa shape index (κ3) is 4.15. The van der Waals surface area contributed by atoms with Gasteiger partial charge in [0.25, 0.3) is 5.88 Å². The zero-order chi connectivity index (χ0) is 20.0. The molecule has 0 bridgehead atoms. The average molecular weight is 458 g/mol. The summed E-state index contributed by atoms with van der Waals surface area (Å²) < 4.78 is 94.5. The van der Waals surface area contributed by atoms with Crippen LogP contribution in [0, 0.1) is 5.82 Å². The molecular formula is C15H7BrF7N3O. The number of fused-ring (bicyclic) bond motifs is 1. The zero-order valence-electron chi connectivity index (χ0n) is 12.9. The number of rotatable bonds is 3. The highest BCUT2D eigenvalue weighted by molar-refractivity contribution is 9.10. The van der Waals surface area contributed by atoms with E-state index in [0.717, 1.165) is 22.9 Å². The van der Waals surface area contributed by atoms with Crippen LogP contribution in [0.4, 0.5) is 30.7 Å². The van der Waals surface area contributed by atoms with Gasteiger partial charge in [0, 0.05) is 23.5 Å². The number of imidazole rings is 1. The fraction of sp³-hybridized carbons (Fsp3) is 0.200. The molecule has 0 aromatic carbocycles. The minimum absolute atomic E-state index is 0.0263. The number of hydrogen-bond donors (Lipinski definition) is 0. The van der Waals surface area contributed by atoms with Gasteiger partial charge in [0.1, 0.15) is 4.60 Å². The molecule has 0 saturated carbocycles. The summed E-state index contributed by atoms with van der Waals surface area (Å²) in [5.74, 6) is -3.23. The average Bonchev–Trinajstić information content (AvgIpc) is 2.89. The normalized spacial score (nSPS) is 12.6. The molecule has 3 aromatic heterocycles. The van der Waals surface area contributed by atoms with E-state index in [2.05, 4.69) is 30.6 Å². The Morgan fingerprint density at radius 3 is 2.37 bits per heavy atom. The van der Waals surface area contributed by atoms with Gasteiger partial charge in [-0.1, -0.05) is 6.07 Å². The predicted molar refractivity (Wildman–Crippen MR) is 82.6 cm³/mol. The lowest BCUT2D eigenvalue weighted by Crippen LogP contribution is -2.20. The summed E-state index contributed by atoms with van der Waals surface area (Å²) >= 11 is 2.93. The van der Waals surface area contributed by atoms with Crippen LogP contribution in [0.2, 0.25) is 0 Å². The van der Waals surface area contributed by atoms with E-state index in [4.69, 9.17) is 0 Å². The van der Waals surface area contributed by atoms with Crippen LogP contribution in [0.15, 0.2) is 35.2 Å². The van der Waals surface area contributed by atoms with Crippen molar-refractivity contribution in [1.82, 2.24) is 14.4 Å². The highest BCUT2D eigenvalue weighted by Crippen LogP contribution is 2.33. The van der Waals surface area contributed by atoms with Gasteiger partial charge in [-0.25, -0.2) is 14.4 Å². The van der Waals surface area contributed by atoms with E-state index in [1.165, 1.54) is 12.1 Å². The zero-order valence-corrected chi connectivity index (χ0v) is 14.5. The number of nitrogens with zero attached hydrogens (tertiary/aromatic N) is 3. The van der Waals surface area contributed by atoms with Crippen molar-refractivity contribution in [2.45, 2.75) is 12.4 Å². The van der Waals surface area contributed by atoms with Crippen molar-refractivity contribution in [3.8, 4) is 17.0 Å². The fourth-order valence-electron chi connectivity index (χ4n) is 2.26. The molecular weight excluding hydrogens is 451 g/mol. The molecule has 12 heteroatoms. The molecule has 27 heavy (non-hydrogen) atoms. The highest BCUT2D eigenvalue weighted by atomic mass is 79.9. The van der Waals surface area contributed by atoms with Crippen molar-refractivity contribution >= 4 is 21.4 Å². The Bertz CT molecular complexity index is 997. The van der Waals surface area contributed by atoms with Crippen molar-refractivity contribution in [3.63, 3.8) is 0 Å². The van der Waals surface area contributed by atoms with Gasteiger partial charge in [0.2, 0.25) is 5.82 Å². The summed E-state index contributed by atoms with van der Waals surface area (Å²) in [4.78, 5) is 6.87. The lowest BCUT2D eigenvalue weighted by molar-refractivity contribution is -0.154. The molecule has 3 rings (SSSR count). The SMILES string of the molecule is Fc1cc(-c2ccc3c(Br)nc(C(F)(F)F)n3c2)cnc1OCC(F)(F)F. The molecule has 0 aliphatic rings. The number of alkyl halides is 6. The van der Waals surface area contributed by atoms with Crippen LogP contribution in [-0.2, 0) is 6.18 Å². The molecule has 0 radical (unpaired) electrons. The van der Waals surface area contributed by atoms with Crippen LogP contribution >= 0.6 is 15.9 Å². The Morgan fingerprint density at radius 1 is 1.07 bits per heavy atom. The molecule has 3 heterocycles. The summed E-state index contributed by atoms with van der Waals surface area (Å²) in [5.41, 5.74) is 0.322. The van der Waals surface area contributed by atoms with Gasteiger partial charge >= 0.3 is 12.4 Å². The Morgan fingerprint density at radius 2 is 1.78 bits per heavy atom. The second-order valence-electron chi connectivity index (χ2n) is 5.31. The lowest BCUT2D eigenvalue weighted by atomic mass is 10.1. The van der Waals surface area contributed by atoms with E-state index >= 15 is 0 Å². The van der Waals surface area contributed by atoms with E-state index in [-0.39, 0.29) is 21.2 Å². The van der Waals surface area contributed by atoms with E-state index < -0.39 is 36.5 Å². The first-order valence-electron chi connectivity index (χ1n) is 7.06. The first-order chi connectivity index (χ1) is 12.5. The summed E-state index contributed by atoms with van der Waals surface area (Å²) in [6.45, 7) is -1.72. The maximum Gasteiger partial charge on any atom is 0.450 e. The number of ether oxygens (including phenoxy) is 1. The second-order valence-corrected chi connectivity index (χ2v) is 6.06. The third-order valence-corrected chi connectivity index (χ3v) is 3.94. The van der Waals surface area contributed by atoms with Crippen molar-refractivity contribution in [2.75, 3.05) is 6.61 Å². The van der Waals surface area contributed by atoms with Crippen LogP contribution in [0.1, 0.15) is 5.82 Å². The molecule has 0 unspecified atom stereocenters. The highest BCUT2D eigenvalue weighted by Gasteiger charge is 2.37. The van der Waals surface area contributed by atoms with Crippen LogP contribution in [-0.4, -0.2) is 27.2 Å². The topological polar surface area (TPSA) is 39.4 Å². The number of hydrogen-bond acceptors (Lipinski definition) is 3. The summed E-state index contributed by atoms with van der Waals surface area (Å²) in [5, 5.41) is 0. The molecule has 0 amide bonds. The summed E-state index contributed by atoms with van der Waals surface area (Å²) in [6, 6.07) is 3.54. The molecule has 3 aromatic rings. The van der Waals surface area contributed by atoms with Gasteiger partial charge in [-0.3, -0.25) is 4.40 Å². The summed E-state index contributed by atoms with van der Waals surface area (Å²) in [6.07, 6.45) is -7.33. The van der Waals surface area contributed by atoms with Gasteiger partial charge in [0.05, 0.1) is 5.52 Å². The maximum absolute atomic E-state index is 13.9. The van der Waals surface area contributed by atoms with Gasteiger partial charge in [0.15, 0.2) is 12.4 Å². The molecule has 0 fully saturated rings. The number of pyridine rings is 2. The molecule has 4 nitrogen and oxygen atoms in total.